The van der Waals surface area contributed by atoms with Crippen LogP contribution in [0.3, 0.4) is 0 Å². The van der Waals surface area contributed by atoms with Crippen molar-refractivity contribution in [2.75, 3.05) is 32.7 Å². The van der Waals surface area contributed by atoms with E-state index in [4.69, 9.17) is 0 Å². The molecule has 0 unspecified atom stereocenters. The van der Waals surface area contributed by atoms with Crippen molar-refractivity contribution < 1.29 is 35.8 Å². The minimum atomic E-state index is -0.578. The van der Waals surface area contributed by atoms with E-state index in [9.17, 15) is 9.59 Å². The normalized spacial score (nSPS) is 10.6. The molecule has 1 aromatic rings. The first-order chi connectivity index (χ1) is 14.5. The van der Waals surface area contributed by atoms with Gasteiger partial charge in [0.05, 0.1) is 32.7 Å². The number of carbonyl (C=O) groups excluding carboxylic acids is 2. The van der Waals surface area contributed by atoms with Crippen LogP contribution in [-0.4, -0.2) is 44.6 Å². The smallest absolute Gasteiger partial charge is 0.140 e. The summed E-state index contributed by atoms with van der Waals surface area (Å²) in [5.41, 5.74) is 3.14. The van der Waals surface area contributed by atoms with Crippen LogP contribution in [0.4, 0.5) is 0 Å². The van der Waals surface area contributed by atoms with Crippen LogP contribution < -0.4 is 0 Å². The van der Waals surface area contributed by atoms with Crippen molar-refractivity contribution in [2.24, 2.45) is 0 Å². The Labute approximate surface area is 202 Å². The minimum absolute atomic E-state index is 0. The van der Waals surface area contributed by atoms with Crippen molar-refractivity contribution in [2.45, 2.75) is 72.1 Å². The van der Waals surface area contributed by atoms with Gasteiger partial charge in [-0.25, -0.2) is 12.1 Å². The molecule has 0 saturated carbocycles. The second-order valence-corrected chi connectivity index (χ2v) is 10.5. The molecule has 0 aromatic heterocycles. The molecular weight excluding hydrogens is 454 g/mol. The maximum absolute atomic E-state index is 10.3. The fourth-order valence-electron chi connectivity index (χ4n) is 3.00. The van der Waals surface area contributed by atoms with Crippen LogP contribution in [-0.2, 0) is 48.7 Å². The van der Waals surface area contributed by atoms with E-state index in [0.29, 0.717) is 0 Å². The second-order valence-electron chi connectivity index (χ2n) is 7.52. The van der Waals surface area contributed by atoms with Gasteiger partial charge in [0.25, 0.3) is 0 Å². The third-order valence-electron chi connectivity index (χ3n) is 5.08. The van der Waals surface area contributed by atoms with Gasteiger partial charge in [0, 0.05) is 24.7 Å². The number of carbonyl (C=O) groups is 2. The van der Waals surface area contributed by atoms with Crippen LogP contribution in [0.15, 0.2) is 18.2 Å². The van der Waals surface area contributed by atoms with Gasteiger partial charge in [0.15, 0.2) is 0 Å². The van der Waals surface area contributed by atoms with Crippen LogP contribution in [0.5, 0.6) is 0 Å². The van der Waals surface area contributed by atoms with E-state index in [1.54, 1.807) is 29.6 Å². The van der Waals surface area contributed by atoms with E-state index >= 15 is 0 Å². The van der Waals surface area contributed by atoms with E-state index in [2.05, 4.69) is 48.4 Å². The van der Waals surface area contributed by atoms with Crippen molar-refractivity contribution in [3.05, 3.63) is 42.2 Å². The molecule has 0 aliphatic heterocycles. The topological polar surface area (TPSA) is 52.6 Å². The molecule has 0 heterocycles. The van der Waals surface area contributed by atoms with E-state index in [1.165, 1.54) is 65.6 Å². The number of unbranched alkanes of at least 4 members (excludes halogenated alkanes) is 3. The van der Waals surface area contributed by atoms with Crippen LogP contribution in [0, 0.1) is 12.8 Å². The van der Waals surface area contributed by atoms with Gasteiger partial charge >= 0.3 is 0 Å². The van der Waals surface area contributed by atoms with Crippen molar-refractivity contribution in [1.29, 1.82) is 0 Å². The van der Waals surface area contributed by atoms with Gasteiger partial charge in [-0.15, -0.1) is 0 Å². The molecule has 0 amide bonds. The third-order valence-corrected chi connectivity index (χ3v) is 8.26. The van der Waals surface area contributed by atoms with Gasteiger partial charge in [0.2, 0.25) is 0 Å². The summed E-state index contributed by atoms with van der Waals surface area (Å²) >= 11 is 0. The molecular formula is C25H43CoO4P-2. The number of fused-ring (bicyclic) bond motifs is 1. The molecule has 0 atom stereocenters. The first-order valence-corrected chi connectivity index (χ1v) is 13.5. The monoisotopic (exact) mass is 497 g/mol. The molecule has 0 spiro atoms. The van der Waals surface area contributed by atoms with Crippen LogP contribution in [0.25, 0.3) is 0 Å². The Bertz CT molecular complexity index is 506. The predicted octanol–water partition coefficient (Wildman–Crippen LogP) is 5.84. The average molecular weight is 498 g/mol. The maximum atomic E-state index is 10.3. The van der Waals surface area contributed by atoms with Gasteiger partial charge in [-0.1, -0.05) is 52.9 Å². The average Bonchev–Trinajstić information content (AvgIpc) is 3.09. The number of ether oxygens (including phenoxy) is 2. The summed E-state index contributed by atoms with van der Waals surface area (Å²) in [7, 11) is 2.52. The summed E-state index contributed by atoms with van der Waals surface area (Å²) in [5.74, 6) is -1.16. The number of rotatable bonds is 12. The molecule has 31 heavy (non-hydrogen) atoms. The van der Waals surface area contributed by atoms with Gasteiger partial charge in [-0.05, 0) is 19.3 Å². The molecule has 1 aliphatic rings. The number of aryl methyl sites for hydroxylation is 2. The Hall–Kier alpha value is -1.03. The van der Waals surface area contributed by atoms with Gasteiger partial charge in [0.1, 0.15) is 11.9 Å². The molecule has 0 saturated heterocycles. The van der Waals surface area contributed by atoms with Crippen molar-refractivity contribution in [3.63, 3.8) is 0 Å². The summed E-state index contributed by atoms with van der Waals surface area (Å²) in [6.07, 6.45) is 18.0. The van der Waals surface area contributed by atoms with Crippen LogP contribution in [0.2, 0.25) is 0 Å². The third kappa shape index (κ3) is 17.2. The Morgan fingerprint density at radius 3 is 1.61 bits per heavy atom. The van der Waals surface area contributed by atoms with Gasteiger partial charge in [-0.3, -0.25) is 9.59 Å². The summed E-state index contributed by atoms with van der Waals surface area (Å²) in [5, 5.41) is 0. The zero-order valence-corrected chi connectivity index (χ0v) is 22.2. The molecule has 1 aromatic carbocycles. The van der Waals surface area contributed by atoms with Gasteiger partial charge < -0.3 is 22.3 Å². The fraction of sp³-hybridized carbons (Fsp3) is 0.640. The van der Waals surface area contributed by atoms with Crippen LogP contribution >= 0.6 is 7.92 Å². The molecule has 2 rings (SSSR count). The molecule has 4 nitrogen and oxygen atoms in total. The molecule has 0 fully saturated rings. The number of hydrogen-bond donors (Lipinski definition) is 0. The molecule has 1 aliphatic carbocycles. The fourth-order valence-corrected chi connectivity index (χ4v) is 6.31. The molecule has 1 radical (unpaired) electrons. The maximum Gasteiger partial charge on any atom is 0.140 e. The first kappa shape index (κ1) is 32.1. The summed E-state index contributed by atoms with van der Waals surface area (Å²) in [4.78, 5) is 20.6. The number of hydrogen-bond acceptors (Lipinski definition) is 4. The van der Waals surface area contributed by atoms with Crippen molar-refractivity contribution >= 4 is 19.9 Å². The number of esters is 2. The Morgan fingerprint density at radius 2 is 1.39 bits per heavy atom. The minimum Gasteiger partial charge on any atom is -0.494 e. The second kappa shape index (κ2) is 22.2. The Kier molecular flexibility index (Phi) is 23.0. The summed E-state index contributed by atoms with van der Waals surface area (Å²) in [6.45, 7) is 6.96. The van der Waals surface area contributed by atoms with E-state index < -0.39 is 11.9 Å². The molecule has 183 valence electrons. The molecule has 0 bridgehead atoms. The van der Waals surface area contributed by atoms with Crippen molar-refractivity contribution in [3.8, 4) is 0 Å². The Balaban J connectivity index is 0. The SMILES string of the molecule is CCCC[PH+](CCCC)CCCC.COC(=O)[CH-][CH-]C(=O)OC.[Co].c1cc2[c-](c1)CC2. The first-order valence-electron chi connectivity index (χ1n) is 11.4. The van der Waals surface area contributed by atoms with Crippen LogP contribution in [0.1, 0.15) is 70.4 Å². The zero-order valence-electron chi connectivity index (χ0n) is 20.1. The number of methoxy groups -OCH3 is 2. The van der Waals surface area contributed by atoms with E-state index in [0.717, 1.165) is 12.8 Å². The Morgan fingerprint density at radius 1 is 0.935 bits per heavy atom. The quantitative estimate of drug-likeness (QED) is 0.207. The van der Waals surface area contributed by atoms with E-state index in [-0.39, 0.29) is 24.7 Å². The van der Waals surface area contributed by atoms with Gasteiger partial charge in [-0.2, -0.15) is 17.2 Å². The largest absolute Gasteiger partial charge is 0.494 e. The van der Waals surface area contributed by atoms with E-state index in [1.807, 2.05) is 0 Å². The summed E-state index contributed by atoms with van der Waals surface area (Å²) < 4.78 is 8.42. The predicted molar refractivity (Wildman–Crippen MR) is 130 cm³/mol. The summed E-state index contributed by atoms with van der Waals surface area (Å²) in [6, 6.07) is 6.55. The zero-order chi connectivity index (χ0) is 22.6. The molecule has 6 heteroatoms. The van der Waals surface area contributed by atoms with Crippen molar-refractivity contribution in [1.82, 2.24) is 0 Å². The standard InChI is InChI=1S/C12H27P.C7H7.C6H8O4.Co/c1-4-7-10-13(11-8-5-2)12-9-6-3;1-2-6-4-5-7(6)3-1;1-9-5(7)3-4-6(8)10-2;/h4-12H2,1-3H3;1-3H,4-5H2;3-4H,1-2H3;/q;-1;-2;/p+1. The molecule has 0 N–H and O–H groups in total.